The minimum atomic E-state index is -4.39. The number of nitriles is 1. The van der Waals surface area contributed by atoms with Crippen molar-refractivity contribution in [1.29, 1.82) is 5.26 Å². The molecule has 0 aliphatic carbocycles. The van der Waals surface area contributed by atoms with Crippen LogP contribution >= 0.6 is 0 Å². The van der Waals surface area contributed by atoms with E-state index >= 15 is 4.39 Å². The van der Waals surface area contributed by atoms with Crippen LogP contribution in [0.15, 0.2) is 53.7 Å². The Morgan fingerprint density at radius 3 is 2.57 bits per heavy atom. The van der Waals surface area contributed by atoms with Gasteiger partial charge in [0.05, 0.1) is 12.0 Å². The lowest BCUT2D eigenvalue weighted by atomic mass is 9.85. The second-order valence-corrected chi connectivity index (χ2v) is 10.5. The second kappa shape index (κ2) is 9.76. The predicted molar refractivity (Wildman–Crippen MR) is 126 cm³/mol. The van der Waals surface area contributed by atoms with Gasteiger partial charge in [0.15, 0.2) is 5.82 Å². The molecule has 1 N–H and O–H groups in total. The van der Waals surface area contributed by atoms with Gasteiger partial charge in [-0.05, 0) is 24.3 Å². The summed E-state index contributed by atoms with van der Waals surface area (Å²) in [5.74, 6) is -0.667. The molecule has 0 spiro atoms. The first-order valence-electron chi connectivity index (χ1n) is 10.5. The Hall–Kier alpha value is -3.91. The van der Waals surface area contributed by atoms with Crippen LogP contribution < -0.4 is 10.1 Å². The maximum Gasteiger partial charge on any atom is 0.407 e. The van der Waals surface area contributed by atoms with Crippen molar-refractivity contribution in [1.82, 2.24) is 14.3 Å². The van der Waals surface area contributed by atoms with Crippen LogP contribution in [0.5, 0.6) is 5.75 Å². The highest BCUT2D eigenvalue weighted by Crippen LogP contribution is 2.42. The lowest BCUT2D eigenvalue weighted by Crippen LogP contribution is -2.29. The molecular weight excluding hydrogens is 475 g/mol. The minimum absolute atomic E-state index is 0.0298. The fourth-order valence-corrected chi connectivity index (χ4v) is 4.94. The van der Waals surface area contributed by atoms with E-state index in [9.17, 15) is 18.5 Å². The van der Waals surface area contributed by atoms with Crippen molar-refractivity contribution in [2.24, 2.45) is 5.41 Å². The molecule has 0 aliphatic heterocycles. The summed E-state index contributed by atoms with van der Waals surface area (Å²) in [4.78, 5) is 15.8. The maximum atomic E-state index is 16.2. The molecule has 3 aromatic rings. The number of amides is 1. The van der Waals surface area contributed by atoms with E-state index in [1.54, 1.807) is 26.8 Å². The van der Waals surface area contributed by atoms with E-state index in [0.29, 0.717) is 0 Å². The van der Waals surface area contributed by atoms with Crippen LogP contribution in [-0.4, -0.2) is 37.6 Å². The molecule has 1 unspecified atom stereocenters. The van der Waals surface area contributed by atoms with Crippen molar-refractivity contribution >= 4 is 16.1 Å². The molecule has 0 bridgehead atoms. The maximum absolute atomic E-state index is 16.2. The van der Waals surface area contributed by atoms with Crippen LogP contribution in [0.25, 0.3) is 11.3 Å². The average Bonchev–Trinajstić information content (AvgIpc) is 3.18. The van der Waals surface area contributed by atoms with Crippen LogP contribution in [0.3, 0.4) is 0 Å². The van der Waals surface area contributed by atoms with Gasteiger partial charge in [-0.25, -0.2) is 26.6 Å². The monoisotopic (exact) mass is 500 g/mol. The predicted octanol–water partition coefficient (Wildman–Crippen LogP) is 4.25. The van der Waals surface area contributed by atoms with E-state index < -0.39 is 39.1 Å². The lowest BCUT2D eigenvalue weighted by molar-refractivity contribution is 0.0294. The first kappa shape index (κ1) is 25.7. The van der Waals surface area contributed by atoms with Gasteiger partial charge < -0.3 is 14.8 Å². The summed E-state index contributed by atoms with van der Waals surface area (Å²) in [6, 6.07) is 10.4. The number of ether oxygens (including phenoxy) is 2. The Kier molecular flexibility index (Phi) is 7.17. The third-order valence-electron chi connectivity index (χ3n) is 5.20. The molecule has 0 aliphatic rings. The van der Waals surface area contributed by atoms with Crippen molar-refractivity contribution < 1.29 is 27.1 Å². The highest BCUT2D eigenvalue weighted by Gasteiger charge is 2.37. The number of methoxy groups -OCH3 is 1. The molecule has 35 heavy (non-hydrogen) atoms. The lowest BCUT2D eigenvalue weighted by Gasteiger charge is -2.29. The second-order valence-electron chi connectivity index (χ2n) is 8.64. The first-order chi connectivity index (χ1) is 16.4. The van der Waals surface area contributed by atoms with E-state index in [1.165, 1.54) is 50.7 Å². The van der Waals surface area contributed by atoms with Gasteiger partial charge in [0, 0.05) is 42.0 Å². The van der Waals surface area contributed by atoms with E-state index in [0.717, 1.165) is 10.2 Å². The number of alkyl carbamates (subject to hydrolysis) is 1. The summed E-state index contributed by atoms with van der Waals surface area (Å²) >= 11 is 0. The zero-order valence-electron chi connectivity index (χ0n) is 19.9. The third kappa shape index (κ3) is 4.97. The van der Waals surface area contributed by atoms with Crippen molar-refractivity contribution in [2.45, 2.75) is 31.8 Å². The molecule has 2 heterocycles. The molecule has 0 radical (unpaired) electrons. The fourth-order valence-electron chi connectivity index (χ4n) is 3.52. The topological polar surface area (TPSA) is 123 Å². The largest absolute Gasteiger partial charge is 0.497 e. The van der Waals surface area contributed by atoms with Gasteiger partial charge in [-0.15, -0.1) is 0 Å². The molecule has 3 rings (SSSR count). The summed E-state index contributed by atoms with van der Waals surface area (Å²) in [5, 5.41) is 11.9. The Bertz CT molecular complexity index is 1400. The van der Waals surface area contributed by atoms with Crippen LogP contribution in [0.1, 0.15) is 38.1 Å². The van der Waals surface area contributed by atoms with Gasteiger partial charge in [-0.3, -0.25) is 0 Å². The van der Waals surface area contributed by atoms with Gasteiger partial charge in [-0.1, -0.05) is 26.8 Å². The van der Waals surface area contributed by atoms with Crippen molar-refractivity contribution in [3.8, 4) is 23.1 Å². The molecule has 11 heteroatoms. The normalized spacial score (nSPS) is 12.5. The van der Waals surface area contributed by atoms with Gasteiger partial charge in [0.1, 0.15) is 29.3 Å². The molecular formula is C24H25FN4O5S. The van der Waals surface area contributed by atoms with Crippen LogP contribution in [-0.2, 0) is 14.8 Å². The zero-order valence-corrected chi connectivity index (χ0v) is 20.7. The van der Waals surface area contributed by atoms with Gasteiger partial charge in [-0.2, -0.15) is 5.26 Å². The highest BCUT2D eigenvalue weighted by atomic mass is 32.2. The average molecular weight is 501 g/mol. The van der Waals surface area contributed by atoms with E-state index in [4.69, 9.17) is 9.47 Å². The molecule has 1 atom stereocenters. The number of nitrogens with one attached hydrogen (secondary N) is 1. The van der Waals surface area contributed by atoms with Crippen LogP contribution in [0.4, 0.5) is 9.18 Å². The van der Waals surface area contributed by atoms with Crippen molar-refractivity contribution in [3.05, 3.63) is 65.9 Å². The Labute approximate surface area is 203 Å². The quantitative estimate of drug-likeness (QED) is 0.537. The molecule has 0 fully saturated rings. The number of carbonyl (C=O) groups excluding carboxylic acids is 1. The number of rotatable bonds is 6. The third-order valence-corrected chi connectivity index (χ3v) is 6.86. The molecule has 0 saturated carbocycles. The van der Waals surface area contributed by atoms with Gasteiger partial charge >= 0.3 is 6.09 Å². The smallest absolute Gasteiger partial charge is 0.407 e. The fraction of sp³-hybridized carbons (Fsp3) is 0.292. The first-order valence-corrected chi connectivity index (χ1v) is 11.9. The minimum Gasteiger partial charge on any atom is -0.497 e. The SMILES string of the molecule is CNC(=O)OC(c1cn(S(=O)(=O)c2cccc(OC)c2)c(-c2cccnc2C#N)c1F)C(C)(C)C. The van der Waals surface area contributed by atoms with Crippen LogP contribution in [0.2, 0.25) is 0 Å². The van der Waals surface area contributed by atoms with Crippen molar-refractivity contribution in [3.63, 3.8) is 0 Å². The number of hydrogen-bond donors (Lipinski definition) is 1. The van der Waals surface area contributed by atoms with E-state index in [-0.39, 0.29) is 27.5 Å². The Morgan fingerprint density at radius 2 is 1.97 bits per heavy atom. The Morgan fingerprint density at radius 1 is 1.26 bits per heavy atom. The molecule has 184 valence electrons. The molecule has 2 aromatic heterocycles. The summed E-state index contributed by atoms with van der Waals surface area (Å²) < 4.78 is 55.0. The number of aromatic nitrogens is 2. The number of hydrogen-bond acceptors (Lipinski definition) is 7. The molecule has 0 saturated heterocycles. The van der Waals surface area contributed by atoms with Gasteiger partial charge in [0.2, 0.25) is 0 Å². The molecule has 1 amide bonds. The number of benzene rings is 1. The summed E-state index contributed by atoms with van der Waals surface area (Å²) in [7, 11) is -1.64. The Balaban J connectivity index is 2.39. The number of pyridine rings is 1. The summed E-state index contributed by atoms with van der Waals surface area (Å²) in [6.45, 7) is 5.16. The molecule has 9 nitrogen and oxygen atoms in total. The zero-order chi connectivity index (χ0) is 26.0. The number of nitrogens with zero attached hydrogens (tertiary/aromatic N) is 3. The molecule has 1 aromatic carbocycles. The standard InChI is InChI=1S/C24H25FN4O5S/c1-24(2,3)22(34-23(30)27-4)18-14-29(35(31,32)16-9-6-8-15(12-16)33-5)21(20(18)25)17-10-7-11-28-19(17)13-26/h6-12,14,22H,1-5H3,(H,27,30). The summed E-state index contributed by atoms with van der Waals surface area (Å²) in [5.41, 5.74) is -1.59. The van der Waals surface area contributed by atoms with Crippen LogP contribution in [0, 0.1) is 22.6 Å². The number of carbonyl (C=O) groups is 1. The summed E-state index contributed by atoms with van der Waals surface area (Å²) in [6.07, 6.45) is 0.447. The van der Waals surface area contributed by atoms with Crippen molar-refractivity contribution in [2.75, 3.05) is 14.2 Å². The van der Waals surface area contributed by atoms with E-state index in [1.807, 2.05) is 6.07 Å². The number of halogens is 1. The highest BCUT2D eigenvalue weighted by molar-refractivity contribution is 7.90. The van der Waals surface area contributed by atoms with E-state index in [2.05, 4.69) is 10.3 Å². The van der Waals surface area contributed by atoms with Gasteiger partial charge in [0.25, 0.3) is 10.0 Å².